The van der Waals surface area contributed by atoms with E-state index in [9.17, 15) is 5.26 Å². The summed E-state index contributed by atoms with van der Waals surface area (Å²) in [5, 5.41) is 19.6. The summed E-state index contributed by atoms with van der Waals surface area (Å²) in [4.78, 5) is 17.7. The first kappa shape index (κ1) is 21.4. The molecule has 0 aromatic carbocycles. The second kappa shape index (κ2) is 9.98. The summed E-state index contributed by atoms with van der Waals surface area (Å²) in [6, 6.07) is 7.07. The predicted octanol–water partition coefficient (Wildman–Crippen LogP) is 2.61. The topological polar surface area (TPSA) is 121 Å². The van der Waals surface area contributed by atoms with E-state index < -0.39 is 0 Å². The lowest BCUT2D eigenvalue weighted by atomic mass is 9.91. The highest BCUT2D eigenvalue weighted by Gasteiger charge is 2.42. The van der Waals surface area contributed by atoms with Crippen LogP contribution in [0.5, 0.6) is 0 Å². The molecule has 0 unspecified atom stereocenters. The van der Waals surface area contributed by atoms with E-state index in [1.165, 1.54) is 0 Å². The highest BCUT2D eigenvalue weighted by atomic mass is 16.5. The molecule has 0 bridgehead atoms. The molecule has 0 amide bonds. The average Bonchev–Trinajstić information content (AvgIpc) is 3.60. The summed E-state index contributed by atoms with van der Waals surface area (Å²) in [6.07, 6.45) is 9.63. The molecule has 9 heteroatoms. The zero-order valence-electron chi connectivity index (χ0n) is 18.0. The highest BCUT2D eigenvalue weighted by molar-refractivity contribution is 5.56. The van der Waals surface area contributed by atoms with E-state index in [-0.39, 0.29) is 5.41 Å². The van der Waals surface area contributed by atoms with Crippen molar-refractivity contribution >= 4 is 11.6 Å². The zero-order chi connectivity index (χ0) is 21.5. The van der Waals surface area contributed by atoms with Gasteiger partial charge in [-0.2, -0.15) is 5.26 Å². The molecule has 164 valence electrons. The second-order valence-corrected chi connectivity index (χ2v) is 8.44. The summed E-state index contributed by atoms with van der Waals surface area (Å²) in [5.41, 5.74) is 0.451. The van der Waals surface area contributed by atoms with Gasteiger partial charge in [0, 0.05) is 44.5 Å². The Bertz CT molecular complexity index is 902. The van der Waals surface area contributed by atoms with Crippen molar-refractivity contribution < 1.29 is 4.74 Å². The maximum absolute atomic E-state index is 9.24. The molecule has 31 heavy (non-hydrogen) atoms. The number of nitriles is 1. The van der Waals surface area contributed by atoms with Crippen molar-refractivity contribution in [3.63, 3.8) is 0 Å². The summed E-state index contributed by atoms with van der Waals surface area (Å²) >= 11 is 0. The number of nitrogens with one attached hydrogen (secondary N) is 3. The molecule has 0 aliphatic heterocycles. The molecule has 0 saturated heterocycles. The number of aromatic nitrogens is 4. The predicted molar refractivity (Wildman–Crippen MR) is 118 cm³/mol. The first-order chi connectivity index (χ1) is 15.2. The molecule has 0 radical (unpaired) electrons. The van der Waals surface area contributed by atoms with Gasteiger partial charge in [0.05, 0.1) is 18.1 Å². The molecule has 0 atom stereocenters. The number of ether oxygens (including phenoxy) is 1. The summed E-state index contributed by atoms with van der Waals surface area (Å²) < 4.78 is 5.11. The summed E-state index contributed by atoms with van der Waals surface area (Å²) in [6.45, 7) is 2.26. The molecule has 2 aromatic heterocycles. The Hall–Kier alpha value is -2.83. The van der Waals surface area contributed by atoms with Crippen LogP contribution >= 0.6 is 0 Å². The van der Waals surface area contributed by atoms with Crippen LogP contribution in [0, 0.1) is 16.7 Å². The zero-order valence-corrected chi connectivity index (χ0v) is 18.0. The number of nitrogens with zero attached hydrogens (tertiary/aromatic N) is 5. The van der Waals surface area contributed by atoms with Crippen molar-refractivity contribution in [3.8, 4) is 17.6 Å². The molecule has 2 aromatic rings. The lowest BCUT2D eigenvalue weighted by Gasteiger charge is -2.30. The Morgan fingerprint density at radius 2 is 1.94 bits per heavy atom. The Kier molecular flexibility index (Phi) is 6.89. The molecule has 9 nitrogen and oxygen atoms in total. The summed E-state index contributed by atoms with van der Waals surface area (Å²) in [5.74, 6) is 2.05. The molecule has 2 fully saturated rings. The lowest BCUT2D eigenvalue weighted by Crippen LogP contribution is -2.38. The minimum Gasteiger partial charge on any atom is -0.383 e. The molecule has 3 N–H and O–H groups in total. The van der Waals surface area contributed by atoms with Crippen LogP contribution in [0.3, 0.4) is 0 Å². The number of rotatable bonds is 10. The van der Waals surface area contributed by atoms with Crippen LogP contribution < -0.4 is 16.0 Å². The van der Waals surface area contributed by atoms with Gasteiger partial charge in [-0.1, -0.05) is 0 Å². The molecule has 2 aliphatic rings. The standard InChI is InChI=1S/C22H30N8O/c1-31-11-10-24-16-2-4-17(5-3-16)29-20-12-18(27-15-28-20)21-25-9-6-19(30-21)26-14-22(13-23)7-8-22/h6,9,12,15-17,24H,2-5,7-8,10-11,14H2,1H3,(H,25,26,30)(H,27,28,29). The van der Waals surface area contributed by atoms with Gasteiger partial charge in [0.25, 0.3) is 0 Å². The number of hydrogen-bond acceptors (Lipinski definition) is 9. The summed E-state index contributed by atoms with van der Waals surface area (Å²) in [7, 11) is 1.73. The molecular formula is C22H30N8O. The van der Waals surface area contributed by atoms with E-state index in [2.05, 4.69) is 42.0 Å². The molecule has 2 saturated carbocycles. The third-order valence-corrected chi connectivity index (χ3v) is 6.07. The highest BCUT2D eigenvalue weighted by Crippen LogP contribution is 2.44. The van der Waals surface area contributed by atoms with E-state index in [0.717, 1.165) is 57.5 Å². The third kappa shape index (κ3) is 5.87. The fraction of sp³-hybridized carbons (Fsp3) is 0.591. The van der Waals surface area contributed by atoms with Crippen LogP contribution in [-0.4, -0.2) is 58.8 Å². The van der Waals surface area contributed by atoms with Crippen LogP contribution in [-0.2, 0) is 4.74 Å². The van der Waals surface area contributed by atoms with Crippen molar-refractivity contribution in [1.29, 1.82) is 5.26 Å². The van der Waals surface area contributed by atoms with Gasteiger partial charge in [-0.3, -0.25) is 0 Å². The van der Waals surface area contributed by atoms with Crippen LogP contribution in [0.15, 0.2) is 24.7 Å². The monoisotopic (exact) mass is 422 g/mol. The van der Waals surface area contributed by atoms with Gasteiger partial charge in [0.2, 0.25) is 0 Å². The molecule has 2 heterocycles. The van der Waals surface area contributed by atoms with Gasteiger partial charge in [-0.15, -0.1) is 0 Å². The van der Waals surface area contributed by atoms with Crippen molar-refractivity contribution in [3.05, 3.63) is 24.7 Å². The fourth-order valence-corrected chi connectivity index (χ4v) is 3.89. The third-order valence-electron chi connectivity index (χ3n) is 6.07. The van der Waals surface area contributed by atoms with Gasteiger partial charge in [0.15, 0.2) is 5.82 Å². The van der Waals surface area contributed by atoms with Crippen LogP contribution in [0.2, 0.25) is 0 Å². The van der Waals surface area contributed by atoms with E-state index in [1.807, 2.05) is 12.1 Å². The van der Waals surface area contributed by atoms with Gasteiger partial charge in [-0.25, -0.2) is 19.9 Å². The fourth-order valence-electron chi connectivity index (χ4n) is 3.89. The maximum atomic E-state index is 9.24. The molecule has 2 aliphatic carbocycles. The first-order valence-corrected chi connectivity index (χ1v) is 11.0. The van der Waals surface area contributed by atoms with E-state index >= 15 is 0 Å². The van der Waals surface area contributed by atoms with E-state index in [1.54, 1.807) is 19.6 Å². The number of anilines is 2. The Morgan fingerprint density at radius 1 is 1.13 bits per heavy atom. The average molecular weight is 423 g/mol. The van der Waals surface area contributed by atoms with Gasteiger partial charge >= 0.3 is 0 Å². The van der Waals surface area contributed by atoms with Crippen molar-refractivity contribution in [1.82, 2.24) is 25.3 Å². The quantitative estimate of drug-likeness (QED) is 0.496. The smallest absolute Gasteiger partial charge is 0.180 e. The van der Waals surface area contributed by atoms with E-state index in [0.29, 0.717) is 36.0 Å². The van der Waals surface area contributed by atoms with Crippen LogP contribution in [0.25, 0.3) is 11.5 Å². The Labute approximate surface area is 183 Å². The van der Waals surface area contributed by atoms with Crippen molar-refractivity contribution in [2.45, 2.75) is 50.6 Å². The number of methoxy groups -OCH3 is 1. The van der Waals surface area contributed by atoms with Gasteiger partial charge < -0.3 is 20.7 Å². The lowest BCUT2D eigenvalue weighted by molar-refractivity contribution is 0.191. The molecule has 4 rings (SSSR count). The largest absolute Gasteiger partial charge is 0.383 e. The molecular weight excluding hydrogens is 392 g/mol. The Morgan fingerprint density at radius 3 is 2.68 bits per heavy atom. The van der Waals surface area contributed by atoms with Crippen LogP contribution in [0.1, 0.15) is 38.5 Å². The minimum absolute atomic E-state index is 0.227. The minimum atomic E-state index is -0.227. The van der Waals surface area contributed by atoms with E-state index in [4.69, 9.17) is 4.74 Å². The Balaban J connectivity index is 1.32. The van der Waals surface area contributed by atoms with Gasteiger partial charge in [0.1, 0.15) is 23.7 Å². The maximum Gasteiger partial charge on any atom is 0.180 e. The second-order valence-electron chi connectivity index (χ2n) is 8.44. The van der Waals surface area contributed by atoms with Gasteiger partial charge in [-0.05, 0) is 44.6 Å². The number of hydrogen-bond donors (Lipinski definition) is 3. The first-order valence-electron chi connectivity index (χ1n) is 11.0. The SMILES string of the molecule is COCCNC1CCC(Nc2cc(-c3nccc(NCC4(C#N)CC4)n3)ncn2)CC1. The normalized spacial score (nSPS) is 21.8. The van der Waals surface area contributed by atoms with Crippen LogP contribution in [0.4, 0.5) is 11.6 Å². The van der Waals surface area contributed by atoms with Crippen molar-refractivity contribution in [2.75, 3.05) is 37.4 Å². The van der Waals surface area contributed by atoms with Crippen molar-refractivity contribution in [2.24, 2.45) is 5.41 Å². The molecule has 0 spiro atoms.